The van der Waals surface area contributed by atoms with E-state index in [4.69, 9.17) is 11.6 Å². The number of rotatable bonds is 6. The molecule has 0 aliphatic rings. The average molecular weight is 346 g/mol. The minimum Gasteiger partial charge on any atom is -0.347 e. The third-order valence-corrected chi connectivity index (χ3v) is 5.12. The molecule has 0 saturated carbocycles. The van der Waals surface area contributed by atoms with Gasteiger partial charge < -0.3 is 5.32 Å². The molecule has 2 heterocycles. The highest BCUT2D eigenvalue weighted by Gasteiger charge is 2.07. The summed E-state index contributed by atoms with van der Waals surface area (Å²) in [4.78, 5) is 8.17. The molecule has 0 atom stereocenters. The van der Waals surface area contributed by atoms with E-state index in [-0.39, 0.29) is 0 Å². The number of nitrogens with zero attached hydrogens (tertiary/aromatic N) is 2. The maximum atomic E-state index is 6.05. The summed E-state index contributed by atoms with van der Waals surface area (Å²) in [5.74, 6) is 0. The Morgan fingerprint density at radius 2 is 1.96 bits per heavy atom. The highest BCUT2D eigenvalue weighted by Crippen LogP contribution is 2.30. The Bertz CT molecular complexity index is 796. The molecule has 1 aromatic carbocycles. The van der Waals surface area contributed by atoms with Gasteiger partial charge in [-0.3, -0.25) is 9.88 Å². The molecular formula is C18H20ClN3S. The second kappa shape index (κ2) is 7.30. The molecule has 3 nitrogen and oxygen atoms in total. The summed E-state index contributed by atoms with van der Waals surface area (Å²) in [7, 11) is 0. The summed E-state index contributed by atoms with van der Waals surface area (Å²) >= 11 is 7.85. The van der Waals surface area contributed by atoms with Gasteiger partial charge in [0, 0.05) is 28.0 Å². The Morgan fingerprint density at radius 1 is 1.13 bits per heavy atom. The van der Waals surface area contributed by atoms with Gasteiger partial charge in [0.25, 0.3) is 0 Å². The van der Waals surface area contributed by atoms with Gasteiger partial charge in [-0.1, -0.05) is 25.4 Å². The molecule has 23 heavy (non-hydrogen) atoms. The van der Waals surface area contributed by atoms with Crippen LogP contribution in [0.15, 0.2) is 42.6 Å². The lowest BCUT2D eigenvalue weighted by atomic mass is 10.2. The maximum absolute atomic E-state index is 6.05. The van der Waals surface area contributed by atoms with E-state index in [0.29, 0.717) is 5.02 Å². The van der Waals surface area contributed by atoms with Gasteiger partial charge in [0.05, 0.1) is 16.2 Å². The monoisotopic (exact) mass is 345 g/mol. The van der Waals surface area contributed by atoms with E-state index in [0.717, 1.165) is 41.2 Å². The molecule has 3 rings (SSSR count). The van der Waals surface area contributed by atoms with Crippen molar-refractivity contribution in [3.63, 3.8) is 0 Å². The smallest absolute Gasteiger partial charge is 0.0930 e. The van der Waals surface area contributed by atoms with Gasteiger partial charge in [-0.05, 0) is 49.5 Å². The van der Waals surface area contributed by atoms with Crippen LogP contribution in [0.3, 0.4) is 0 Å². The Kier molecular flexibility index (Phi) is 5.16. The van der Waals surface area contributed by atoms with Gasteiger partial charge >= 0.3 is 0 Å². The highest BCUT2D eigenvalue weighted by atomic mass is 35.5. The number of thiophene rings is 1. The van der Waals surface area contributed by atoms with Gasteiger partial charge in [0.1, 0.15) is 0 Å². The Hall–Kier alpha value is -1.62. The fourth-order valence-corrected chi connectivity index (χ4v) is 3.69. The van der Waals surface area contributed by atoms with Crippen molar-refractivity contribution in [3.8, 4) is 0 Å². The van der Waals surface area contributed by atoms with Crippen LogP contribution in [0.25, 0.3) is 10.9 Å². The molecule has 3 aromatic rings. The van der Waals surface area contributed by atoms with Crippen LogP contribution in [0.4, 0.5) is 10.7 Å². The molecule has 0 aliphatic carbocycles. The van der Waals surface area contributed by atoms with Gasteiger partial charge in [-0.2, -0.15) is 0 Å². The van der Waals surface area contributed by atoms with Crippen molar-refractivity contribution in [2.75, 3.05) is 18.4 Å². The van der Waals surface area contributed by atoms with Crippen LogP contribution in [-0.4, -0.2) is 23.0 Å². The fraction of sp³-hybridized carbons (Fsp3) is 0.278. The van der Waals surface area contributed by atoms with Crippen molar-refractivity contribution in [1.82, 2.24) is 9.88 Å². The molecule has 5 heteroatoms. The number of nitrogens with one attached hydrogen (secondary N) is 1. The van der Waals surface area contributed by atoms with Crippen LogP contribution in [0.2, 0.25) is 5.02 Å². The first kappa shape index (κ1) is 16.2. The number of anilines is 2. The quantitative estimate of drug-likeness (QED) is 0.636. The number of fused-ring (bicyclic) bond motifs is 1. The summed E-state index contributed by atoms with van der Waals surface area (Å²) in [6.07, 6.45) is 1.81. The van der Waals surface area contributed by atoms with Crippen molar-refractivity contribution in [1.29, 1.82) is 0 Å². The summed E-state index contributed by atoms with van der Waals surface area (Å²) in [5.41, 5.74) is 1.96. The van der Waals surface area contributed by atoms with Crippen LogP contribution >= 0.6 is 22.9 Å². The summed E-state index contributed by atoms with van der Waals surface area (Å²) in [6, 6.07) is 12.1. The van der Waals surface area contributed by atoms with Crippen molar-refractivity contribution in [2.24, 2.45) is 0 Å². The Labute approximate surface area is 145 Å². The molecule has 0 radical (unpaired) electrons. The molecule has 120 valence electrons. The number of halogens is 1. The Balaban J connectivity index is 1.81. The molecule has 0 bridgehead atoms. The van der Waals surface area contributed by atoms with E-state index in [1.807, 2.05) is 30.5 Å². The maximum Gasteiger partial charge on any atom is 0.0930 e. The third-order valence-electron chi connectivity index (χ3n) is 3.90. The summed E-state index contributed by atoms with van der Waals surface area (Å²) in [6.45, 7) is 7.56. The normalized spacial score (nSPS) is 11.3. The van der Waals surface area contributed by atoms with E-state index in [1.54, 1.807) is 11.3 Å². The predicted molar refractivity (Wildman–Crippen MR) is 101 cm³/mol. The van der Waals surface area contributed by atoms with Crippen LogP contribution in [-0.2, 0) is 6.54 Å². The standard InChI is InChI=1S/C18H20ClN3S/c1-3-22(4-2)12-14-6-8-18(23-14)21-16-9-10-20-17-11-13(19)5-7-15(16)17/h5-11H,3-4,12H2,1-2H3,(H,20,21). The SMILES string of the molecule is CCN(CC)Cc1ccc(Nc2ccnc3cc(Cl)ccc23)s1. The van der Waals surface area contributed by atoms with Crippen molar-refractivity contribution in [3.05, 3.63) is 52.5 Å². The van der Waals surface area contributed by atoms with E-state index in [9.17, 15) is 0 Å². The molecule has 0 spiro atoms. The lowest BCUT2D eigenvalue weighted by Gasteiger charge is -2.16. The summed E-state index contributed by atoms with van der Waals surface area (Å²) in [5, 5.41) is 6.45. The zero-order chi connectivity index (χ0) is 16.2. The van der Waals surface area contributed by atoms with E-state index < -0.39 is 0 Å². The Morgan fingerprint density at radius 3 is 2.74 bits per heavy atom. The second-order valence-corrected chi connectivity index (χ2v) is 6.98. The number of pyridine rings is 1. The fourth-order valence-electron chi connectivity index (χ4n) is 2.56. The minimum absolute atomic E-state index is 0.708. The third kappa shape index (κ3) is 3.83. The van der Waals surface area contributed by atoms with E-state index in [1.165, 1.54) is 4.88 Å². The zero-order valence-electron chi connectivity index (χ0n) is 13.3. The lowest BCUT2D eigenvalue weighted by Crippen LogP contribution is -2.21. The van der Waals surface area contributed by atoms with E-state index >= 15 is 0 Å². The largest absolute Gasteiger partial charge is 0.347 e. The van der Waals surface area contributed by atoms with Crippen LogP contribution < -0.4 is 5.32 Å². The molecule has 0 saturated heterocycles. The van der Waals surface area contributed by atoms with Crippen molar-refractivity contribution >= 4 is 44.5 Å². The second-order valence-electron chi connectivity index (χ2n) is 5.37. The van der Waals surface area contributed by atoms with Crippen LogP contribution in [0.5, 0.6) is 0 Å². The lowest BCUT2D eigenvalue weighted by molar-refractivity contribution is 0.298. The first-order valence-corrected chi connectivity index (χ1v) is 9.01. The number of hydrogen-bond donors (Lipinski definition) is 1. The van der Waals surface area contributed by atoms with Gasteiger partial charge in [0.2, 0.25) is 0 Å². The highest BCUT2D eigenvalue weighted by molar-refractivity contribution is 7.16. The van der Waals surface area contributed by atoms with E-state index in [2.05, 4.69) is 41.2 Å². The molecule has 0 aliphatic heterocycles. The predicted octanol–water partition coefficient (Wildman–Crippen LogP) is 5.54. The molecular weight excluding hydrogens is 326 g/mol. The van der Waals surface area contributed by atoms with Gasteiger partial charge in [-0.25, -0.2) is 0 Å². The minimum atomic E-state index is 0.708. The van der Waals surface area contributed by atoms with Crippen molar-refractivity contribution < 1.29 is 0 Å². The topological polar surface area (TPSA) is 28.2 Å². The van der Waals surface area contributed by atoms with Crippen LogP contribution in [0.1, 0.15) is 18.7 Å². The first-order chi connectivity index (χ1) is 11.2. The number of benzene rings is 1. The number of aromatic nitrogens is 1. The van der Waals surface area contributed by atoms with Crippen molar-refractivity contribution in [2.45, 2.75) is 20.4 Å². The molecule has 0 fully saturated rings. The number of hydrogen-bond acceptors (Lipinski definition) is 4. The molecule has 0 amide bonds. The molecule has 1 N–H and O–H groups in total. The van der Waals surface area contributed by atoms with Crippen LogP contribution in [0, 0.1) is 0 Å². The summed E-state index contributed by atoms with van der Waals surface area (Å²) < 4.78 is 0. The average Bonchev–Trinajstić information content (AvgIpc) is 2.99. The van der Waals surface area contributed by atoms with Gasteiger partial charge in [-0.15, -0.1) is 11.3 Å². The first-order valence-electron chi connectivity index (χ1n) is 7.82. The molecule has 2 aromatic heterocycles. The zero-order valence-corrected chi connectivity index (χ0v) is 14.9. The molecule has 0 unspecified atom stereocenters. The van der Waals surface area contributed by atoms with Gasteiger partial charge in [0.15, 0.2) is 0 Å².